The summed E-state index contributed by atoms with van der Waals surface area (Å²) in [6.45, 7) is 1.16. The lowest BCUT2D eigenvalue weighted by molar-refractivity contribution is 0.316. The maximum absolute atomic E-state index is 4.47. The average Bonchev–Trinajstić information content (AvgIpc) is 2.92. The lowest BCUT2D eigenvalue weighted by Gasteiger charge is -2.20. The molecule has 0 amide bonds. The minimum atomic E-state index is 0.462. The Balaban J connectivity index is 1.93. The fraction of sp³-hybridized carbons (Fsp3) is 0.278. The Morgan fingerprint density at radius 2 is 1.95 bits per heavy atom. The van der Waals surface area contributed by atoms with Crippen LogP contribution in [0.5, 0.6) is 0 Å². The van der Waals surface area contributed by atoms with Gasteiger partial charge in [-0.1, -0.05) is 30.2 Å². The molecule has 0 spiro atoms. The molecule has 2 nitrogen and oxygen atoms in total. The Hall–Kier alpha value is -2.11. The van der Waals surface area contributed by atoms with E-state index in [2.05, 4.69) is 34.8 Å². The van der Waals surface area contributed by atoms with Crippen LogP contribution in [0.1, 0.15) is 35.7 Å². The van der Waals surface area contributed by atoms with Crippen molar-refractivity contribution in [3.05, 3.63) is 65.5 Å². The number of pyridine rings is 1. The zero-order chi connectivity index (χ0) is 13.8. The summed E-state index contributed by atoms with van der Waals surface area (Å²) < 4.78 is 0. The minimum absolute atomic E-state index is 0.462. The van der Waals surface area contributed by atoms with E-state index in [0.29, 0.717) is 6.04 Å². The van der Waals surface area contributed by atoms with Crippen LogP contribution in [-0.4, -0.2) is 23.5 Å². The summed E-state index contributed by atoms with van der Waals surface area (Å²) in [6, 6.07) is 14.7. The summed E-state index contributed by atoms with van der Waals surface area (Å²) in [7, 11) is 2.18. The SMILES string of the molecule is CN1CCCC1c1cccnc1C#Cc1ccccc1. The summed E-state index contributed by atoms with van der Waals surface area (Å²) in [5, 5.41) is 0. The molecular weight excluding hydrogens is 244 g/mol. The summed E-state index contributed by atoms with van der Waals surface area (Å²) in [4.78, 5) is 6.87. The zero-order valence-electron chi connectivity index (χ0n) is 11.7. The van der Waals surface area contributed by atoms with Gasteiger partial charge in [-0.3, -0.25) is 4.90 Å². The third kappa shape index (κ3) is 2.74. The molecule has 1 atom stereocenters. The Labute approximate surface area is 120 Å². The van der Waals surface area contributed by atoms with Crippen molar-refractivity contribution in [3.63, 3.8) is 0 Å². The minimum Gasteiger partial charge on any atom is -0.299 e. The number of benzene rings is 1. The standard InChI is InChI=1S/C18H18N2/c1-20-14-6-10-18(20)16-9-5-13-19-17(16)12-11-15-7-3-2-4-8-15/h2-5,7-9,13,18H,6,10,14H2,1H3. The van der Waals surface area contributed by atoms with Gasteiger partial charge in [0, 0.05) is 23.4 Å². The second-order valence-corrected chi connectivity index (χ2v) is 5.20. The van der Waals surface area contributed by atoms with Gasteiger partial charge < -0.3 is 0 Å². The molecule has 3 rings (SSSR count). The summed E-state index contributed by atoms with van der Waals surface area (Å²) in [5.74, 6) is 6.45. The third-order valence-corrected chi connectivity index (χ3v) is 3.82. The van der Waals surface area contributed by atoms with Crippen LogP contribution in [0.4, 0.5) is 0 Å². The van der Waals surface area contributed by atoms with Gasteiger partial charge in [0.25, 0.3) is 0 Å². The lowest BCUT2D eigenvalue weighted by atomic mass is 10.0. The second-order valence-electron chi connectivity index (χ2n) is 5.20. The van der Waals surface area contributed by atoms with Gasteiger partial charge in [-0.25, -0.2) is 4.98 Å². The van der Waals surface area contributed by atoms with Crippen molar-refractivity contribution in [1.29, 1.82) is 0 Å². The molecule has 1 aromatic carbocycles. The van der Waals surface area contributed by atoms with E-state index in [4.69, 9.17) is 0 Å². The molecule has 2 heteroatoms. The molecule has 1 aromatic heterocycles. The van der Waals surface area contributed by atoms with Gasteiger partial charge >= 0.3 is 0 Å². The second kappa shape index (κ2) is 5.90. The predicted molar refractivity (Wildman–Crippen MR) is 81.3 cm³/mol. The van der Waals surface area contributed by atoms with E-state index in [1.54, 1.807) is 0 Å². The molecule has 20 heavy (non-hydrogen) atoms. The molecule has 0 radical (unpaired) electrons. The molecule has 1 saturated heterocycles. The monoisotopic (exact) mass is 262 g/mol. The Morgan fingerprint density at radius 1 is 1.10 bits per heavy atom. The molecule has 1 aliphatic rings. The molecule has 1 aliphatic heterocycles. The van der Waals surface area contributed by atoms with E-state index in [9.17, 15) is 0 Å². The highest BCUT2D eigenvalue weighted by atomic mass is 15.1. The van der Waals surface area contributed by atoms with Crippen molar-refractivity contribution < 1.29 is 0 Å². The molecule has 0 N–H and O–H groups in total. The topological polar surface area (TPSA) is 16.1 Å². The highest BCUT2D eigenvalue weighted by Gasteiger charge is 2.24. The number of rotatable bonds is 1. The van der Waals surface area contributed by atoms with Crippen molar-refractivity contribution in [1.82, 2.24) is 9.88 Å². The Kier molecular flexibility index (Phi) is 3.80. The molecule has 2 heterocycles. The third-order valence-electron chi connectivity index (χ3n) is 3.82. The molecule has 1 unspecified atom stereocenters. The fourth-order valence-electron chi connectivity index (χ4n) is 2.75. The van der Waals surface area contributed by atoms with Crippen LogP contribution < -0.4 is 0 Å². The van der Waals surface area contributed by atoms with E-state index in [1.165, 1.54) is 18.4 Å². The van der Waals surface area contributed by atoms with Crippen LogP contribution >= 0.6 is 0 Å². The maximum atomic E-state index is 4.47. The van der Waals surface area contributed by atoms with Gasteiger partial charge in [0.05, 0.1) is 0 Å². The number of hydrogen-bond acceptors (Lipinski definition) is 2. The smallest absolute Gasteiger partial charge is 0.118 e. The quantitative estimate of drug-likeness (QED) is 0.733. The summed E-state index contributed by atoms with van der Waals surface area (Å²) in [5.41, 5.74) is 3.20. The van der Waals surface area contributed by atoms with E-state index in [1.807, 2.05) is 42.6 Å². The molecule has 0 bridgehead atoms. The Morgan fingerprint density at radius 3 is 2.70 bits per heavy atom. The van der Waals surface area contributed by atoms with Crippen molar-refractivity contribution in [3.8, 4) is 11.8 Å². The largest absolute Gasteiger partial charge is 0.299 e. The first-order valence-electron chi connectivity index (χ1n) is 7.07. The van der Waals surface area contributed by atoms with Crippen LogP contribution in [0.15, 0.2) is 48.7 Å². The van der Waals surface area contributed by atoms with Crippen molar-refractivity contribution >= 4 is 0 Å². The number of nitrogens with zero attached hydrogens (tertiary/aromatic N) is 2. The van der Waals surface area contributed by atoms with E-state index in [-0.39, 0.29) is 0 Å². The van der Waals surface area contributed by atoms with Crippen LogP contribution in [0, 0.1) is 11.8 Å². The molecule has 1 fully saturated rings. The molecule has 100 valence electrons. The molecule has 0 aliphatic carbocycles. The number of aromatic nitrogens is 1. The lowest BCUT2D eigenvalue weighted by Crippen LogP contribution is -2.18. The van der Waals surface area contributed by atoms with Gasteiger partial charge in [-0.2, -0.15) is 0 Å². The van der Waals surface area contributed by atoms with Crippen LogP contribution in [0.2, 0.25) is 0 Å². The van der Waals surface area contributed by atoms with Crippen LogP contribution in [0.3, 0.4) is 0 Å². The zero-order valence-corrected chi connectivity index (χ0v) is 11.7. The summed E-state index contributed by atoms with van der Waals surface area (Å²) in [6.07, 6.45) is 4.28. The van der Waals surface area contributed by atoms with E-state index < -0.39 is 0 Å². The summed E-state index contributed by atoms with van der Waals surface area (Å²) >= 11 is 0. The molecule has 2 aromatic rings. The van der Waals surface area contributed by atoms with Gasteiger partial charge in [-0.15, -0.1) is 0 Å². The number of hydrogen-bond donors (Lipinski definition) is 0. The first-order chi connectivity index (χ1) is 9.84. The highest BCUT2D eigenvalue weighted by molar-refractivity contribution is 5.44. The van der Waals surface area contributed by atoms with E-state index >= 15 is 0 Å². The van der Waals surface area contributed by atoms with Crippen LogP contribution in [-0.2, 0) is 0 Å². The van der Waals surface area contributed by atoms with Gasteiger partial charge in [0.2, 0.25) is 0 Å². The first kappa shape index (κ1) is 12.9. The number of likely N-dealkylation sites (tertiary alicyclic amines) is 1. The molecular formula is C18H18N2. The fourth-order valence-corrected chi connectivity index (χ4v) is 2.75. The van der Waals surface area contributed by atoms with Gasteiger partial charge in [-0.05, 0) is 50.6 Å². The molecule has 0 saturated carbocycles. The normalized spacial score (nSPS) is 18.6. The van der Waals surface area contributed by atoms with Gasteiger partial charge in [0.1, 0.15) is 5.69 Å². The van der Waals surface area contributed by atoms with Gasteiger partial charge in [0.15, 0.2) is 0 Å². The van der Waals surface area contributed by atoms with Crippen molar-refractivity contribution in [2.24, 2.45) is 0 Å². The van der Waals surface area contributed by atoms with Crippen molar-refractivity contribution in [2.75, 3.05) is 13.6 Å². The highest BCUT2D eigenvalue weighted by Crippen LogP contribution is 2.31. The predicted octanol–water partition coefficient (Wildman–Crippen LogP) is 3.25. The van der Waals surface area contributed by atoms with Crippen molar-refractivity contribution in [2.45, 2.75) is 18.9 Å². The first-order valence-corrected chi connectivity index (χ1v) is 7.07. The Bertz CT molecular complexity index is 637. The average molecular weight is 262 g/mol. The van der Waals surface area contributed by atoms with E-state index in [0.717, 1.165) is 17.8 Å². The van der Waals surface area contributed by atoms with Crippen LogP contribution in [0.25, 0.3) is 0 Å². The maximum Gasteiger partial charge on any atom is 0.118 e.